The van der Waals surface area contributed by atoms with Gasteiger partial charge < -0.3 is 4.57 Å². The second kappa shape index (κ2) is 35.3. The van der Waals surface area contributed by atoms with Gasteiger partial charge in [-0.05, 0) is 157 Å². The molecule has 0 atom stereocenters. The molecule has 10 heterocycles. The maximum absolute atomic E-state index is 5.07. The molecule has 29 aromatic rings. The largest absolute Gasteiger partial charge is 0.309 e. The van der Waals surface area contributed by atoms with Gasteiger partial charge in [0.25, 0.3) is 0 Å². The minimum Gasteiger partial charge on any atom is -0.309 e. The van der Waals surface area contributed by atoms with Crippen molar-refractivity contribution in [1.29, 1.82) is 0 Å². The molecule has 0 saturated heterocycles. The summed E-state index contributed by atoms with van der Waals surface area (Å²) in [7, 11) is 0. The van der Waals surface area contributed by atoms with Crippen molar-refractivity contribution < 1.29 is 0 Å². The predicted octanol–water partition coefficient (Wildman–Crippen LogP) is 31.0. The lowest BCUT2D eigenvalue weighted by Crippen LogP contribution is -2.01. The van der Waals surface area contributed by atoms with E-state index in [1.165, 1.54) is 97.1 Å². The Labute approximate surface area is 824 Å². The topological polar surface area (TPSA) is 174 Å². The third-order valence-corrected chi connectivity index (χ3v) is 27.4. The Kier molecular flexibility index (Phi) is 20.5. The highest BCUT2D eigenvalue weighted by Crippen LogP contribution is 2.46. The first-order valence-corrected chi connectivity index (χ1v) is 48.0. The lowest BCUT2D eigenvalue weighted by atomic mass is 10.00. The van der Waals surface area contributed by atoms with Crippen LogP contribution in [0.3, 0.4) is 0 Å². The zero-order valence-electron chi connectivity index (χ0n) is 77.3. The van der Waals surface area contributed by atoms with E-state index in [2.05, 4.69) is 334 Å². The number of fused-ring (bicyclic) bond motifs is 21. The molecule has 0 radical (unpaired) electrons. The highest BCUT2D eigenvalue weighted by atomic mass is 15.1. The van der Waals surface area contributed by atoms with Crippen molar-refractivity contribution in [3.63, 3.8) is 0 Å². The van der Waals surface area contributed by atoms with Crippen LogP contribution in [0.2, 0.25) is 0 Å². The minimum absolute atomic E-state index is 0.577. The van der Waals surface area contributed by atoms with Gasteiger partial charge in [-0.1, -0.05) is 364 Å². The summed E-state index contributed by atoms with van der Waals surface area (Å²) in [5.41, 5.74) is 18.2. The van der Waals surface area contributed by atoms with E-state index in [-0.39, 0.29) is 0 Å². The number of para-hydroxylation sites is 3. The van der Waals surface area contributed by atoms with Crippen molar-refractivity contribution in [3.8, 4) is 126 Å². The molecule has 144 heavy (non-hydrogen) atoms. The molecule has 0 fully saturated rings. The van der Waals surface area contributed by atoms with Gasteiger partial charge in [0.15, 0.2) is 52.4 Å². The summed E-state index contributed by atoms with van der Waals surface area (Å²) in [5.74, 6) is 7.99. The quantitative estimate of drug-likeness (QED) is 0.107. The Balaban J connectivity index is 0.000000108. The van der Waals surface area contributed by atoms with Crippen molar-refractivity contribution in [3.05, 3.63) is 486 Å². The number of hydrogen-bond acceptors (Lipinski definition) is 12. The highest BCUT2D eigenvalue weighted by molar-refractivity contribution is 6.30. The van der Waals surface area contributed by atoms with Gasteiger partial charge in [-0.2, -0.15) is 0 Å². The van der Waals surface area contributed by atoms with E-state index < -0.39 is 0 Å². The number of nitrogens with zero attached hydrogens (tertiary/aromatic N) is 16. The van der Waals surface area contributed by atoms with E-state index in [9.17, 15) is 0 Å². The van der Waals surface area contributed by atoms with Crippen LogP contribution in [-0.2, 0) is 0 Å². The molecule has 0 saturated carbocycles. The van der Waals surface area contributed by atoms with E-state index in [1.807, 2.05) is 170 Å². The van der Waals surface area contributed by atoms with E-state index in [0.717, 1.165) is 117 Å². The zero-order chi connectivity index (χ0) is 95.1. The number of rotatable bonds is 13. The molecule has 0 aliphatic carbocycles. The summed E-state index contributed by atoms with van der Waals surface area (Å²) >= 11 is 0. The molecule has 0 bridgehead atoms. The van der Waals surface area contributed by atoms with Crippen molar-refractivity contribution in [2.45, 2.75) is 0 Å². The van der Waals surface area contributed by atoms with Gasteiger partial charge in [0.2, 0.25) is 0 Å². The first kappa shape index (κ1) is 83.5. The third-order valence-electron chi connectivity index (χ3n) is 27.4. The van der Waals surface area contributed by atoms with E-state index in [0.29, 0.717) is 52.4 Å². The fraction of sp³-hybridized carbons (Fsp3) is 0. The Morgan fingerprint density at radius 2 is 0.375 bits per heavy atom. The van der Waals surface area contributed by atoms with Crippen molar-refractivity contribution in [1.82, 2.24) is 78.1 Å². The van der Waals surface area contributed by atoms with Crippen LogP contribution < -0.4 is 0 Å². The van der Waals surface area contributed by atoms with Crippen LogP contribution in [0.1, 0.15) is 0 Å². The van der Waals surface area contributed by atoms with Crippen molar-refractivity contribution >= 4 is 141 Å². The van der Waals surface area contributed by atoms with Gasteiger partial charge in [-0.3, -0.25) is 13.7 Å². The van der Waals surface area contributed by atoms with Crippen LogP contribution >= 0.6 is 0 Å². The molecule has 0 unspecified atom stereocenters. The number of benzene rings is 19. The molecular weight excluding hydrogens is 1760 g/mol. The molecule has 29 rings (SSSR count). The van der Waals surface area contributed by atoms with E-state index in [1.54, 1.807) is 0 Å². The molecule has 0 amide bonds. The van der Waals surface area contributed by atoms with Crippen molar-refractivity contribution in [2.24, 2.45) is 0 Å². The lowest BCUT2D eigenvalue weighted by molar-refractivity contribution is 1.05. The van der Waals surface area contributed by atoms with Crippen LogP contribution in [0.25, 0.3) is 267 Å². The summed E-state index contributed by atoms with van der Waals surface area (Å²) in [6, 6.07) is 162. The third kappa shape index (κ3) is 14.8. The fourth-order valence-corrected chi connectivity index (χ4v) is 20.6. The van der Waals surface area contributed by atoms with Crippen molar-refractivity contribution in [2.75, 3.05) is 0 Å². The molecule has 16 heteroatoms. The maximum Gasteiger partial charge on any atom is 0.165 e. The molecular formula is C128H80N16. The van der Waals surface area contributed by atoms with Crippen LogP contribution in [0.15, 0.2) is 486 Å². The molecule has 16 nitrogen and oxygen atoms in total. The smallest absolute Gasteiger partial charge is 0.165 e. The van der Waals surface area contributed by atoms with E-state index in [4.69, 9.17) is 59.8 Å². The Bertz CT molecular complexity index is 9760. The van der Waals surface area contributed by atoms with Crippen LogP contribution in [-0.4, -0.2) is 78.1 Å². The molecule has 0 aliphatic heterocycles. The molecule has 0 spiro atoms. The number of hydrogen-bond donors (Lipinski definition) is 0. The van der Waals surface area contributed by atoms with Gasteiger partial charge in [0, 0.05) is 117 Å². The molecule has 19 aromatic carbocycles. The second-order valence-electron chi connectivity index (χ2n) is 35.8. The van der Waals surface area contributed by atoms with Gasteiger partial charge in [0.1, 0.15) is 17.5 Å². The van der Waals surface area contributed by atoms with E-state index >= 15 is 0 Å². The fourth-order valence-electron chi connectivity index (χ4n) is 20.6. The molecule has 672 valence electrons. The number of pyridine rings is 3. The summed E-state index contributed by atoms with van der Waals surface area (Å²) < 4.78 is 9.17. The highest BCUT2D eigenvalue weighted by Gasteiger charge is 2.26. The predicted molar refractivity (Wildman–Crippen MR) is 587 cm³/mol. The number of aromatic nitrogens is 16. The Morgan fingerprint density at radius 3 is 0.701 bits per heavy atom. The Hall–Kier alpha value is -19.8. The minimum atomic E-state index is 0.577. The van der Waals surface area contributed by atoms with Gasteiger partial charge in [-0.15, -0.1) is 0 Å². The SMILES string of the molecule is c1ccc(-c2nc(-c3ccc(-n4c5ccc6ccccc6c5c5c6ccccc6ccc54)nc3)nc(-c3ccc4ccccc4c3)n2)cc1.c1ccc(-c2nc(-c3ccccc3)nc(-c3ccc(-n4c5ccc6ccccc6c5c5c6ccccc6ccc54)nc3)n2)cc1.c1ccc(-c2nc(-c3ccccc3)nc(-c3ccc(-n4c5ccccc5c5cc6c7ccccc7n(-c7ccccc7)c6cc54)nc3)n2)cc1. The first-order chi connectivity index (χ1) is 71.4. The van der Waals surface area contributed by atoms with Gasteiger partial charge in [0.05, 0.1) is 44.1 Å². The maximum atomic E-state index is 5.07. The summed E-state index contributed by atoms with van der Waals surface area (Å²) in [6.45, 7) is 0. The van der Waals surface area contributed by atoms with Crippen LogP contribution in [0.5, 0.6) is 0 Å². The average molecular weight is 1840 g/mol. The standard InChI is InChI=1S/C44H28N6.C44H27N5.C40H25N5/c1-4-14-29(15-5-1)42-46-43(30-16-6-2-7-17-30)48-44(47-42)31-24-25-41(45-28-31)50-38-23-13-11-21-34(38)36-26-35-33-20-10-12-22-37(33)49(39(35)27-40(36)50)32-18-8-3-9-19-32;1-2-13-31(14-3-1)42-46-43(33-19-18-28-10-4-5-15-32(28)26-33)48-44(47-42)34-22-25-39(45-27-34)49-37-23-20-29-11-6-8-16-35(29)40(37)41-36-17-9-7-12-30(36)21-24-38(41)49;1-3-13-28(14-4-1)38-42-39(29-15-5-2-6-16-29)44-40(43-38)30-21-24-35(41-25-30)45-33-22-19-26-11-7-9-17-31(26)36(33)37-32-18-10-8-12-27(32)20-23-34(37)45/h1-28H;1-27H;1-25H. The summed E-state index contributed by atoms with van der Waals surface area (Å²) in [6.07, 6.45) is 5.62. The molecule has 10 aromatic heterocycles. The van der Waals surface area contributed by atoms with Crippen LogP contribution in [0, 0.1) is 0 Å². The summed E-state index contributed by atoms with van der Waals surface area (Å²) in [4.78, 5) is 59.3. The summed E-state index contributed by atoms with van der Waals surface area (Å²) in [5, 5.41) is 21.9. The average Bonchev–Trinajstić information content (AvgIpc) is 1.57. The monoisotopic (exact) mass is 1840 g/mol. The first-order valence-electron chi connectivity index (χ1n) is 48.0. The Morgan fingerprint density at radius 1 is 0.132 bits per heavy atom. The molecule has 0 N–H and O–H groups in total. The lowest BCUT2D eigenvalue weighted by Gasteiger charge is -2.11. The zero-order valence-corrected chi connectivity index (χ0v) is 77.3. The van der Waals surface area contributed by atoms with Crippen LogP contribution in [0.4, 0.5) is 0 Å². The molecule has 0 aliphatic rings. The van der Waals surface area contributed by atoms with Gasteiger partial charge >= 0.3 is 0 Å². The second-order valence-corrected chi connectivity index (χ2v) is 35.8. The normalized spacial score (nSPS) is 11.6. The van der Waals surface area contributed by atoms with Gasteiger partial charge in [-0.25, -0.2) is 59.8 Å².